The van der Waals surface area contributed by atoms with Gasteiger partial charge in [0.25, 0.3) is 0 Å². The van der Waals surface area contributed by atoms with E-state index < -0.39 is 12.0 Å². The lowest BCUT2D eigenvalue weighted by atomic mass is 10.3. The highest BCUT2D eigenvalue weighted by Gasteiger charge is 2.16. The predicted octanol–water partition coefficient (Wildman–Crippen LogP) is 1.70. The van der Waals surface area contributed by atoms with Gasteiger partial charge in [-0.05, 0) is 13.8 Å². The topological polar surface area (TPSA) is 117 Å². The first-order valence-electron chi connectivity index (χ1n) is 6.11. The fraction of sp³-hybridized carbons (Fsp3) is 0.333. The second-order valence-electron chi connectivity index (χ2n) is 4.35. The monoisotopic (exact) mass is 310 g/mol. The molecule has 2 amide bonds. The summed E-state index contributed by atoms with van der Waals surface area (Å²) in [6.45, 7) is 3.74. The van der Waals surface area contributed by atoms with Gasteiger partial charge in [0.15, 0.2) is 5.69 Å². The smallest absolute Gasteiger partial charge is 0.355 e. The number of thiazole rings is 1. The maximum absolute atomic E-state index is 11.7. The normalized spacial score (nSPS) is 11.9. The van der Waals surface area contributed by atoms with Crippen molar-refractivity contribution < 1.29 is 19.2 Å². The number of hydrogen-bond donors (Lipinski definition) is 3. The van der Waals surface area contributed by atoms with Crippen molar-refractivity contribution in [2.24, 2.45) is 0 Å². The van der Waals surface area contributed by atoms with Crippen LogP contribution in [0.4, 0.5) is 4.79 Å². The molecule has 0 fully saturated rings. The molecule has 0 saturated carbocycles. The number of amides is 2. The average molecular weight is 310 g/mol. The second-order valence-corrected chi connectivity index (χ2v) is 5.24. The Labute approximate surface area is 124 Å². The minimum Gasteiger partial charge on any atom is -0.476 e. The van der Waals surface area contributed by atoms with Gasteiger partial charge in [-0.25, -0.2) is 14.6 Å². The summed E-state index contributed by atoms with van der Waals surface area (Å²) >= 11 is 1.18. The number of carbonyl (C=O) groups excluding carboxylic acids is 1. The zero-order valence-corrected chi connectivity index (χ0v) is 12.2. The van der Waals surface area contributed by atoms with Crippen molar-refractivity contribution in [3.63, 3.8) is 0 Å². The molecule has 9 heteroatoms. The molecule has 0 bridgehead atoms. The van der Waals surface area contributed by atoms with E-state index in [-0.39, 0.29) is 18.3 Å². The Morgan fingerprint density at radius 2 is 2.29 bits per heavy atom. The molecule has 0 aliphatic heterocycles. The van der Waals surface area contributed by atoms with Gasteiger partial charge in [-0.3, -0.25) is 0 Å². The van der Waals surface area contributed by atoms with Crippen molar-refractivity contribution in [1.82, 2.24) is 20.8 Å². The van der Waals surface area contributed by atoms with Crippen molar-refractivity contribution in [3.05, 3.63) is 33.6 Å². The molecule has 0 aliphatic rings. The van der Waals surface area contributed by atoms with Gasteiger partial charge in [0.05, 0.1) is 12.6 Å². The van der Waals surface area contributed by atoms with Gasteiger partial charge in [-0.1, -0.05) is 5.16 Å². The van der Waals surface area contributed by atoms with E-state index in [1.807, 2.05) is 0 Å². The maximum Gasteiger partial charge on any atom is 0.355 e. The fourth-order valence-electron chi connectivity index (χ4n) is 1.57. The van der Waals surface area contributed by atoms with Crippen molar-refractivity contribution >= 4 is 23.3 Å². The number of carboxylic acids is 1. The largest absolute Gasteiger partial charge is 0.476 e. The summed E-state index contributed by atoms with van der Waals surface area (Å²) in [7, 11) is 0. The third kappa shape index (κ3) is 4.02. The summed E-state index contributed by atoms with van der Waals surface area (Å²) in [5.74, 6) is -0.417. The van der Waals surface area contributed by atoms with Crippen LogP contribution in [0, 0.1) is 6.92 Å². The number of nitrogens with zero attached hydrogens (tertiary/aromatic N) is 2. The van der Waals surface area contributed by atoms with E-state index in [0.29, 0.717) is 16.5 Å². The van der Waals surface area contributed by atoms with Crippen LogP contribution < -0.4 is 10.6 Å². The molecule has 2 rings (SSSR count). The molecule has 21 heavy (non-hydrogen) atoms. The summed E-state index contributed by atoms with van der Waals surface area (Å²) in [4.78, 5) is 26.4. The second kappa shape index (κ2) is 6.35. The molecule has 3 N–H and O–H groups in total. The number of carbonyl (C=O) groups is 2. The van der Waals surface area contributed by atoms with Crippen molar-refractivity contribution in [2.75, 3.05) is 0 Å². The number of urea groups is 1. The van der Waals surface area contributed by atoms with Crippen LogP contribution >= 0.6 is 11.3 Å². The molecule has 2 aromatic rings. The lowest BCUT2D eigenvalue weighted by Gasteiger charge is -2.11. The standard InChI is InChI=1S/C12H14N4O4S/c1-6-3-8(16-20-6)4-13-12(19)14-7(2)10-15-9(5-21-10)11(17)18/h3,5,7H,4H2,1-2H3,(H,17,18)(H2,13,14,19). The summed E-state index contributed by atoms with van der Waals surface area (Å²) in [6.07, 6.45) is 0. The SMILES string of the molecule is Cc1cc(CNC(=O)NC(C)c2nc(C(=O)O)cs2)no1. The highest BCUT2D eigenvalue weighted by molar-refractivity contribution is 7.09. The molecular formula is C12H14N4O4S. The number of aryl methyl sites for hydroxylation is 1. The van der Waals surface area contributed by atoms with E-state index in [0.717, 1.165) is 0 Å². The molecule has 0 saturated heterocycles. The number of rotatable bonds is 5. The third-order valence-corrected chi connectivity index (χ3v) is 3.59. The molecule has 1 atom stereocenters. The molecule has 0 aromatic carbocycles. The first-order chi connectivity index (χ1) is 9.95. The quantitative estimate of drug-likeness (QED) is 0.773. The molecular weight excluding hydrogens is 296 g/mol. The van der Waals surface area contributed by atoms with E-state index in [1.54, 1.807) is 19.9 Å². The number of aromatic nitrogens is 2. The van der Waals surface area contributed by atoms with Crippen LogP contribution in [0.3, 0.4) is 0 Å². The van der Waals surface area contributed by atoms with Gasteiger partial charge in [0.1, 0.15) is 16.5 Å². The number of nitrogens with one attached hydrogen (secondary N) is 2. The van der Waals surface area contributed by atoms with Crippen molar-refractivity contribution in [2.45, 2.75) is 26.4 Å². The Bertz CT molecular complexity index is 651. The zero-order chi connectivity index (χ0) is 15.4. The zero-order valence-electron chi connectivity index (χ0n) is 11.4. The van der Waals surface area contributed by atoms with Crippen molar-refractivity contribution in [1.29, 1.82) is 0 Å². The van der Waals surface area contributed by atoms with Crippen LogP contribution in [0.2, 0.25) is 0 Å². The highest BCUT2D eigenvalue weighted by Crippen LogP contribution is 2.17. The van der Waals surface area contributed by atoms with Crippen LogP contribution in [0.25, 0.3) is 0 Å². The molecule has 1 unspecified atom stereocenters. The Hall–Kier alpha value is -2.42. The van der Waals surface area contributed by atoms with Crippen LogP contribution in [0.1, 0.15) is 39.9 Å². The number of hydrogen-bond acceptors (Lipinski definition) is 6. The lowest BCUT2D eigenvalue weighted by Crippen LogP contribution is -2.36. The summed E-state index contributed by atoms with van der Waals surface area (Å²) < 4.78 is 4.89. The molecule has 2 aromatic heterocycles. The van der Waals surface area contributed by atoms with Gasteiger partial charge >= 0.3 is 12.0 Å². The summed E-state index contributed by atoms with van der Waals surface area (Å²) in [5, 5.41) is 19.8. The van der Waals surface area contributed by atoms with Gasteiger partial charge in [0.2, 0.25) is 0 Å². The molecule has 2 heterocycles. The van der Waals surface area contributed by atoms with Gasteiger partial charge in [0, 0.05) is 11.4 Å². The van der Waals surface area contributed by atoms with Gasteiger partial charge in [-0.15, -0.1) is 11.3 Å². The molecule has 8 nitrogen and oxygen atoms in total. The average Bonchev–Trinajstić information content (AvgIpc) is 3.05. The lowest BCUT2D eigenvalue weighted by molar-refractivity contribution is 0.0691. The van der Waals surface area contributed by atoms with Crippen LogP contribution in [-0.4, -0.2) is 27.2 Å². The van der Waals surface area contributed by atoms with Crippen molar-refractivity contribution in [3.8, 4) is 0 Å². The highest BCUT2D eigenvalue weighted by atomic mass is 32.1. The van der Waals surface area contributed by atoms with E-state index in [2.05, 4.69) is 20.8 Å². The fourth-order valence-corrected chi connectivity index (χ4v) is 2.37. The Balaban J connectivity index is 1.85. The van der Waals surface area contributed by atoms with E-state index >= 15 is 0 Å². The number of carboxylic acid groups (broad SMARTS) is 1. The first-order valence-corrected chi connectivity index (χ1v) is 6.99. The minimum absolute atomic E-state index is 0.0258. The van der Waals surface area contributed by atoms with E-state index in [1.165, 1.54) is 16.7 Å². The molecule has 112 valence electrons. The Kier molecular flexibility index (Phi) is 4.53. The molecule has 0 spiro atoms. The number of aromatic carboxylic acids is 1. The van der Waals surface area contributed by atoms with Gasteiger partial charge < -0.3 is 20.3 Å². The predicted molar refractivity (Wildman–Crippen MR) is 74.1 cm³/mol. The van der Waals surface area contributed by atoms with E-state index in [9.17, 15) is 9.59 Å². The van der Waals surface area contributed by atoms with Crippen LogP contribution in [0.5, 0.6) is 0 Å². The van der Waals surface area contributed by atoms with Crippen LogP contribution in [0.15, 0.2) is 16.0 Å². The summed E-state index contributed by atoms with van der Waals surface area (Å²) in [6, 6.07) is 0.946. The Morgan fingerprint density at radius 3 is 2.86 bits per heavy atom. The third-order valence-electron chi connectivity index (χ3n) is 2.57. The Morgan fingerprint density at radius 1 is 1.52 bits per heavy atom. The minimum atomic E-state index is -1.09. The maximum atomic E-state index is 11.7. The van der Waals surface area contributed by atoms with E-state index in [4.69, 9.17) is 9.63 Å². The molecule has 0 aliphatic carbocycles. The van der Waals surface area contributed by atoms with Crippen LogP contribution in [-0.2, 0) is 6.54 Å². The first kappa shape index (κ1) is 15.0. The summed E-state index contributed by atoms with van der Waals surface area (Å²) in [5.41, 5.74) is 0.597. The van der Waals surface area contributed by atoms with Gasteiger partial charge in [-0.2, -0.15) is 0 Å². The molecule has 0 radical (unpaired) electrons.